The minimum absolute atomic E-state index is 0.511. The Morgan fingerprint density at radius 3 is 2.78 bits per heavy atom. The third kappa shape index (κ3) is 1.98. The number of pyridine rings is 1. The first-order valence-electron chi connectivity index (χ1n) is 6.44. The van der Waals surface area contributed by atoms with Crippen LogP contribution in [0.5, 0.6) is 0 Å². The van der Waals surface area contributed by atoms with Crippen LogP contribution in [0.4, 0.5) is 5.82 Å². The first-order valence-corrected chi connectivity index (χ1v) is 6.44. The fraction of sp³-hybridized carbons (Fsp3) is 0.429. The van der Waals surface area contributed by atoms with E-state index in [1.807, 2.05) is 30.9 Å². The summed E-state index contributed by atoms with van der Waals surface area (Å²) in [5.41, 5.74) is 8.33. The molecular weight excluding hydrogens is 224 g/mol. The number of anilines is 1. The summed E-state index contributed by atoms with van der Waals surface area (Å²) in [6.45, 7) is 3.33. The predicted octanol–water partition coefficient (Wildman–Crippen LogP) is 2.72. The smallest absolute Gasteiger partial charge is 0.123 e. The average molecular weight is 242 g/mol. The molecule has 0 bridgehead atoms. The van der Waals surface area contributed by atoms with Crippen LogP contribution in [-0.4, -0.2) is 14.5 Å². The van der Waals surface area contributed by atoms with Crippen molar-refractivity contribution in [1.82, 2.24) is 14.5 Å². The molecule has 2 aromatic heterocycles. The van der Waals surface area contributed by atoms with Gasteiger partial charge in [0.05, 0.1) is 18.2 Å². The van der Waals surface area contributed by atoms with Gasteiger partial charge in [0.15, 0.2) is 0 Å². The maximum absolute atomic E-state index is 5.62. The van der Waals surface area contributed by atoms with Crippen LogP contribution in [0.2, 0.25) is 0 Å². The summed E-state index contributed by atoms with van der Waals surface area (Å²) in [4.78, 5) is 8.42. The molecule has 4 nitrogen and oxygen atoms in total. The third-order valence-corrected chi connectivity index (χ3v) is 4.01. The molecule has 4 heteroatoms. The van der Waals surface area contributed by atoms with Crippen LogP contribution in [0.3, 0.4) is 0 Å². The maximum Gasteiger partial charge on any atom is 0.123 e. The maximum atomic E-state index is 5.62. The van der Waals surface area contributed by atoms with Gasteiger partial charge in [-0.3, -0.25) is 0 Å². The average Bonchev–Trinajstić information content (AvgIpc) is 3.01. The molecule has 2 heterocycles. The first kappa shape index (κ1) is 11.3. The Morgan fingerprint density at radius 2 is 2.17 bits per heavy atom. The van der Waals surface area contributed by atoms with Crippen molar-refractivity contribution >= 4 is 5.82 Å². The summed E-state index contributed by atoms with van der Waals surface area (Å²) in [5, 5.41) is 0. The minimum Gasteiger partial charge on any atom is -0.384 e. The van der Waals surface area contributed by atoms with Crippen molar-refractivity contribution in [3.63, 3.8) is 0 Å². The number of nitrogen functional groups attached to an aromatic ring is 1. The SMILES string of the molecule is CCC1(Cn2cncc2-c2ccc(N)nc2)CC1. The zero-order chi connectivity index (χ0) is 12.6. The van der Waals surface area contributed by atoms with Gasteiger partial charge in [0.1, 0.15) is 5.82 Å². The zero-order valence-electron chi connectivity index (χ0n) is 10.6. The van der Waals surface area contributed by atoms with E-state index in [0.29, 0.717) is 11.2 Å². The molecule has 0 aliphatic heterocycles. The number of rotatable bonds is 4. The zero-order valence-corrected chi connectivity index (χ0v) is 10.6. The second kappa shape index (κ2) is 4.12. The summed E-state index contributed by atoms with van der Waals surface area (Å²) in [5.74, 6) is 0.553. The highest BCUT2D eigenvalue weighted by atomic mass is 15.1. The van der Waals surface area contributed by atoms with Gasteiger partial charge in [-0.1, -0.05) is 6.92 Å². The summed E-state index contributed by atoms with van der Waals surface area (Å²) in [6, 6.07) is 3.83. The van der Waals surface area contributed by atoms with Gasteiger partial charge < -0.3 is 10.3 Å². The Bertz CT molecular complexity index is 537. The quantitative estimate of drug-likeness (QED) is 0.896. The Kier molecular flexibility index (Phi) is 2.58. The van der Waals surface area contributed by atoms with Crippen molar-refractivity contribution in [3.05, 3.63) is 30.9 Å². The summed E-state index contributed by atoms with van der Waals surface area (Å²) in [7, 11) is 0. The highest BCUT2D eigenvalue weighted by molar-refractivity contribution is 5.59. The molecule has 1 fully saturated rings. The molecule has 1 saturated carbocycles. The third-order valence-electron chi connectivity index (χ3n) is 4.01. The van der Waals surface area contributed by atoms with E-state index in [1.54, 1.807) is 0 Å². The van der Waals surface area contributed by atoms with E-state index in [2.05, 4.69) is 21.5 Å². The van der Waals surface area contributed by atoms with Gasteiger partial charge in [0.2, 0.25) is 0 Å². The molecule has 18 heavy (non-hydrogen) atoms. The van der Waals surface area contributed by atoms with Crippen LogP contribution in [0.15, 0.2) is 30.9 Å². The van der Waals surface area contributed by atoms with Crippen molar-refractivity contribution in [2.75, 3.05) is 5.73 Å². The fourth-order valence-electron chi connectivity index (χ4n) is 2.41. The lowest BCUT2D eigenvalue weighted by atomic mass is 10.0. The second-order valence-corrected chi connectivity index (χ2v) is 5.23. The van der Waals surface area contributed by atoms with Crippen molar-refractivity contribution < 1.29 is 0 Å². The highest BCUT2D eigenvalue weighted by Crippen LogP contribution is 2.50. The molecule has 2 aromatic rings. The second-order valence-electron chi connectivity index (χ2n) is 5.23. The topological polar surface area (TPSA) is 56.7 Å². The number of hydrogen-bond acceptors (Lipinski definition) is 3. The molecule has 0 atom stereocenters. The summed E-state index contributed by atoms with van der Waals surface area (Å²) < 4.78 is 2.24. The Morgan fingerprint density at radius 1 is 1.33 bits per heavy atom. The minimum atomic E-state index is 0.511. The number of nitrogens with two attached hydrogens (primary N) is 1. The fourth-order valence-corrected chi connectivity index (χ4v) is 2.41. The lowest BCUT2D eigenvalue weighted by molar-refractivity contribution is 0.411. The molecule has 0 unspecified atom stereocenters. The summed E-state index contributed by atoms with van der Waals surface area (Å²) >= 11 is 0. The van der Waals surface area contributed by atoms with E-state index in [1.165, 1.54) is 19.3 Å². The van der Waals surface area contributed by atoms with E-state index < -0.39 is 0 Å². The molecule has 3 rings (SSSR count). The molecule has 0 saturated heterocycles. The normalized spacial score (nSPS) is 16.7. The Labute approximate surface area is 107 Å². The van der Waals surface area contributed by atoms with Gasteiger partial charge in [-0.2, -0.15) is 0 Å². The van der Waals surface area contributed by atoms with E-state index in [9.17, 15) is 0 Å². The van der Waals surface area contributed by atoms with Crippen LogP contribution in [0.1, 0.15) is 26.2 Å². The largest absolute Gasteiger partial charge is 0.384 e. The van der Waals surface area contributed by atoms with Crippen LogP contribution >= 0.6 is 0 Å². The van der Waals surface area contributed by atoms with E-state index >= 15 is 0 Å². The summed E-state index contributed by atoms with van der Waals surface area (Å²) in [6.07, 6.45) is 9.54. The number of hydrogen-bond donors (Lipinski definition) is 1. The lowest BCUT2D eigenvalue weighted by Gasteiger charge is -2.15. The molecule has 94 valence electrons. The molecule has 0 amide bonds. The molecule has 0 radical (unpaired) electrons. The van der Waals surface area contributed by atoms with Gasteiger partial charge in [-0.25, -0.2) is 9.97 Å². The van der Waals surface area contributed by atoms with Crippen molar-refractivity contribution in [3.8, 4) is 11.3 Å². The van der Waals surface area contributed by atoms with E-state index in [-0.39, 0.29) is 0 Å². The van der Waals surface area contributed by atoms with Crippen LogP contribution in [0.25, 0.3) is 11.3 Å². The molecule has 2 N–H and O–H groups in total. The van der Waals surface area contributed by atoms with Crippen molar-refractivity contribution in [2.45, 2.75) is 32.7 Å². The van der Waals surface area contributed by atoms with Crippen molar-refractivity contribution in [2.24, 2.45) is 5.41 Å². The monoisotopic (exact) mass is 242 g/mol. The number of imidazole rings is 1. The first-order chi connectivity index (χ1) is 8.72. The van der Waals surface area contributed by atoms with Gasteiger partial charge in [0.25, 0.3) is 0 Å². The Balaban J connectivity index is 1.89. The number of nitrogens with zero attached hydrogens (tertiary/aromatic N) is 3. The lowest BCUT2D eigenvalue weighted by Crippen LogP contribution is -2.10. The van der Waals surface area contributed by atoms with E-state index in [0.717, 1.165) is 17.8 Å². The molecule has 1 aliphatic carbocycles. The van der Waals surface area contributed by atoms with E-state index in [4.69, 9.17) is 5.73 Å². The molecular formula is C14H18N4. The van der Waals surface area contributed by atoms with Crippen LogP contribution in [0, 0.1) is 5.41 Å². The van der Waals surface area contributed by atoms with Crippen molar-refractivity contribution in [1.29, 1.82) is 0 Å². The molecule has 1 aliphatic rings. The van der Waals surface area contributed by atoms with Crippen LogP contribution < -0.4 is 5.73 Å². The van der Waals surface area contributed by atoms with Crippen LogP contribution in [-0.2, 0) is 6.54 Å². The van der Waals surface area contributed by atoms with Gasteiger partial charge >= 0.3 is 0 Å². The predicted molar refractivity (Wildman–Crippen MR) is 71.8 cm³/mol. The Hall–Kier alpha value is -1.84. The highest BCUT2D eigenvalue weighted by Gasteiger charge is 2.41. The van der Waals surface area contributed by atoms with Gasteiger partial charge in [0, 0.05) is 18.3 Å². The molecule has 0 spiro atoms. The van der Waals surface area contributed by atoms with Gasteiger partial charge in [-0.15, -0.1) is 0 Å². The van der Waals surface area contributed by atoms with Gasteiger partial charge in [-0.05, 0) is 36.8 Å². The number of aromatic nitrogens is 3. The standard InChI is InChI=1S/C14H18N4/c1-2-14(5-6-14)9-18-10-16-8-12(18)11-3-4-13(15)17-7-11/h3-4,7-8,10H,2,5-6,9H2,1H3,(H2,15,17). The molecule has 0 aromatic carbocycles.